The summed E-state index contributed by atoms with van der Waals surface area (Å²) in [6.45, 7) is 0. The molecule has 0 spiro atoms. The van der Waals surface area contributed by atoms with Crippen molar-refractivity contribution in [2.24, 2.45) is 17.8 Å². The van der Waals surface area contributed by atoms with Crippen molar-refractivity contribution in [2.45, 2.75) is 31.7 Å². The zero-order valence-electron chi connectivity index (χ0n) is 11.3. The third-order valence-corrected chi connectivity index (χ3v) is 4.26. The lowest BCUT2D eigenvalue weighted by Crippen LogP contribution is -2.39. The van der Waals surface area contributed by atoms with Gasteiger partial charge in [0, 0.05) is 6.04 Å². The Bertz CT molecular complexity index is 510. The number of hydrogen-bond acceptors (Lipinski definition) is 2. The maximum absolute atomic E-state index is 12.1. The second-order valence-corrected chi connectivity index (χ2v) is 5.93. The molecule has 0 unspecified atom stereocenters. The third-order valence-electron chi connectivity index (χ3n) is 4.26. The fraction of sp³-hybridized carbons (Fsp3) is 0.500. The van der Waals surface area contributed by atoms with Gasteiger partial charge in [-0.25, -0.2) is 0 Å². The first-order valence-corrected chi connectivity index (χ1v) is 7.22. The molecule has 0 bridgehead atoms. The van der Waals surface area contributed by atoms with Gasteiger partial charge in [0.1, 0.15) is 0 Å². The molecule has 1 aromatic carbocycles. The van der Waals surface area contributed by atoms with Crippen molar-refractivity contribution in [3.05, 3.63) is 35.9 Å². The molecule has 2 aliphatic carbocycles. The van der Waals surface area contributed by atoms with Crippen LogP contribution in [0.3, 0.4) is 0 Å². The molecule has 1 amide bonds. The van der Waals surface area contributed by atoms with Gasteiger partial charge in [-0.15, -0.1) is 0 Å². The Balaban J connectivity index is 1.58. The summed E-state index contributed by atoms with van der Waals surface area (Å²) in [5.41, 5.74) is 1.22. The summed E-state index contributed by atoms with van der Waals surface area (Å²) in [6, 6.07) is 10.3. The standard InChI is InChI=1S/C16H19NO3/c18-15(12-9-13(12)16(19)20)17-14(11-6-7-11)8-10-4-2-1-3-5-10/h1-5,11-14H,6-9H2,(H,17,18)(H,19,20)/t12-,13+,14-/m0/s1. The van der Waals surface area contributed by atoms with E-state index in [1.807, 2.05) is 18.2 Å². The van der Waals surface area contributed by atoms with Crippen molar-refractivity contribution >= 4 is 11.9 Å². The molecule has 20 heavy (non-hydrogen) atoms. The van der Waals surface area contributed by atoms with E-state index in [2.05, 4.69) is 17.4 Å². The fourth-order valence-electron chi connectivity index (χ4n) is 2.75. The second-order valence-electron chi connectivity index (χ2n) is 5.93. The molecule has 2 saturated carbocycles. The molecule has 2 fully saturated rings. The van der Waals surface area contributed by atoms with Gasteiger partial charge in [0.25, 0.3) is 0 Å². The molecule has 2 N–H and O–H groups in total. The molecule has 0 aliphatic heterocycles. The van der Waals surface area contributed by atoms with Gasteiger partial charge in [-0.2, -0.15) is 0 Å². The number of carbonyl (C=O) groups is 2. The summed E-state index contributed by atoms with van der Waals surface area (Å²) < 4.78 is 0. The first-order valence-electron chi connectivity index (χ1n) is 7.22. The highest BCUT2D eigenvalue weighted by Gasteiger charge is 2.49. The Morgan fingerprint density at radius 1 is 1.20 bits per heavy atom. The second kappa shape index (κ2) is 5.27. The van der Waals surface area contributed by atoms with Gasteiger partial charge in [-0.1, -0.05) is 30.3 Å². The zero-order chi connectivity index (χ0) is 14.1. The summed E-state index contributed by atoms with van der Waals surface area (Å²) >= 11 is 0. The van der Waals surface area contributed by atoms with Gasteiger partial charge in [0.2, 0.25) is 5.91 Å². The van der Waals surface area contributed by atoms with E-state index in [0.717, 1.165) is 19.3 Å². The van der Waals surface area contributed by atoms with Crippen molar-refractivity contribution in [1.82, 2.24) is 5.32 Å². The monoisotopic (exact) mass is 273 g/mol. The Labute approximate surface area is 118 Å². The van der Waals surface area contributed by atoms with Crippen molar-refractivity contribution in [2.75, 3.05) is 0 Å². The minimum atomic E-state index is -0.851. The maximum atomic E-state index is 12.1. The van der Waals surface area contributed by atoms with Crippen molar-refractivity contribution in [3.8, 4) is 0 Å². The lowest BCUT2D eigenvalue weighted by molar-refractivity contribution is -0.140. The van der Waals surface area contributed by atoms with E-state index in [0.29, 0.717) is 12.3 Å². The SMILES string of the molecule is O=C(N[C@@H](Cc1ccccc1)C1CC1)[C@H]1C[C@H]1C(=O)O. The van der Waals surface area contributed by atoms with E-state index in [1.54, 1.807) is 0 Å². The van der Waals surface area contributed by atoms with Crippen LogP contribution in [-0.4, -0.2) is 23.0 Å². The highest BCUT2D eigenvalue weighted by Crippen LogP contribution is 2.40. The van der Waals surface area contributed by atoms with E-state index in [-0.39, 0.29) is 17.9 Å². The molecule has 2 aliphatic rings. The number of rotatable bonds is 6. The molecule has 106 valence electrons. The fourth-order valence-corrected chi connectivity index (χ4v) is 2.75. The van der Waals surface area contributed by atoms with Crippen LogP contribution in [0.2, 0.25) is 0 Å². The number of hydrogen-bond donors (Lipinski definition) is 2. The van der Waals surface area contributed by atoms with E-state index in [9.17, 15) is 9.59 Å². The first-order chi connectivity index (χ1) is 9.65. The Morgan fingerprint density at radius 3 is 2.45 bits per heavy atom. The largest absolute Gasteiger partial charge is 0.481 e. The van der Waals surface area contributed by atoms with Gasteiger partial charge >= 0.3 is 5.97 Å². The van der Waals surface area contributed by atoms with E-state index in [4.69, 9.17) is 5.11 Å². The van der Waals surface area contributed by atoms with Crippen LogP contribution < -0.4 is 5.32 Å². The van der Waals surface area contributed by atoms with Crippen LogP contribution in [0.15, 0.2) is 30.3 Å². The highest BCUT2D eigenvalue weighted by molar-refractivity contribution is 5.89. The molecule has 0 radical (unpaired) electrons. The van der Waals surface area contributed by atoms with Crippen LogP contribution in [0.4, 0.5) is 0 Å². The number of carboxylic acid groups (broad SMARTS) is 1. The predicted molar refractivity (Wildman–Crippen MR) is 74.0 cm³/mol. The third kappa shape index (κ3) is 3.00. The van der Waals surface area contributed by atoms with Gasteiger partial charge < -0.3 is 10.4 Å². The molecule has 4 nitrogen and oxygen atoms in total. The van der Waals surface area contributed by atoms with Crippen molar-refractivity contribution in [3.63, 3.8) is 0 Å². The van der Waals surface area contributed by atoms with Crippen molar-refractivity contribution in [1.29, 1.82) is 0 Å². The van der Waals surface area contributed by atoms with Gasteiger partial charge in [0.05, 0.1) is 11.8 Å². The topological polar surface area (TPSA) is 66.4 Å². The van der Waals surface area contributed by atoms with Crippen LogP contribution in [-0.2, 0) is 16.0 Å². The molecule has 0 heterocycles. The van der Waals surface area contributed by atoms with Gasteiger partial charge in [-0.3, -0.25) is 9.59 Å². The minimum absolute atomic E-state index is 0.0785. The molecule has 0 aromatic heterocycles. The summed E-state index contributed by atoms with van der Waals surface area (Å²) in [4.78, 5) is 22.9. The lowest BCUT2D eigenvalue weighted by Gasteiger charge is -2.18. The van der Waals surface area contributed by atoms with E-state index in [1.165, 1.54) is 5.56 Å². The summed E-state index contributed by atoms with van der Waals surface area (Å²) in [7, 11) is 0. The zero-order valence-corrected chi connectivity index (χ0v) is 11.3. The van der Waals surface area contributed by atoms with Crippen LogP contribution in [0.1, 0.15) is 24.8 Å². The summed E-state index contributed by atoms with van der Waals surface area (Å²) in [6.07, 6.45) is 3.64. The number of amides is 1. The van der Waals surface area contributed by atoms with Gasteiger partial charge in [-0.05, 0) is 37.2 Å². The van der Waals surface area contributed by atoms with Crippen LogP contribution in [0.5, 0.6) is 0 Å². The quantitative estimate of drug-likeness (QED) is 0.831. The Kier molecular flexibility index (Phi) is 3.47. The average Bonchev–Trinajstić information content (AvgIpc) is 3.29. The molecule has 4 heteroatoms. The summed E-state index contributed by atoms with van der Waals surface area (Å²) in [5.74, 6) is -1.15. The smallest absolute Gasteiger partial charge is 0.307 e. The van der Waals surface area contributed by atoms with Gasteiger partial charge in [0.15, 0.2) is 0 Å². The van der Waals surface area contributed by atoms with Crippen LogP contribution in [0.25, 0.3) is 0 Å². The molecular formula is C16H19NO3. The predicted octanol–water partition coefficient (Wildman–Crippen LogP) is 1.84. The Morgan fingerprint density at radius 2 is 1.90 bits per heavy atom. The van der Waals surface area contributed by atoms with E-state index >= 15 is 0 Å². The summed E-state index contributed by atoms with van der Waals surface area (Å²) in [5, 5.41) is 12.0. The average molecular weight is 273 g/mol. The number of carboxylic acids is 1. The Hall–Kier alpha value is -1.84. The lowest BCUT2D eigenvalue weighted by atomic mass is 10.0. The first kappa shape index (κ1) is 13.2. The number of aliphatic carboxylic acids is 1. The molecule has 3 rings (SSSR count). The van der Waals surface area contributed by atoms with Crippen molar-refractivity contribution < 1.29 is 14.7 Å². The molecular weight excluding hydrogens is 254 g/mol. The normalized spacial score (nSPS) is 25.8. The van der Waals surface area contributed by atoms with E-state index < -0.39 is 11.9 Å². The molecule has 3 atom stereocenters. The number of benzene rings is 1. The van der Waals surface area contributed by atoms with Crippen LogP contribution >= 0.6 is 0 Å². The number of carbonyl (C=O) groups excluding carboxylic acids is 1. The molecule has 1 aromatic rings. The maximum Gasteiger partial charge on any atom is 0.307 e. The highest BCUT2D eigenvalue weighted by atomic mass is 16.4. The minimum Gasteiger partial charge on any atom is -0.481 e. The molecule has 0 saturated heterocycles. The number of nitrogens with one attached hydrogen (secondary N) is 1. The van der Waals surface area contributed by atoms with Crippen LogP contribution in [0, 0.1) is 17.8 Å².